The molecule has 11 heteroatoms. The number of benzene rings is 1. The van der Waals surface area contributed by atoms with Gasteiger partial charge in [-0.15, -0.1) is 0 Å². The first-order valence-electron chi connectivity index (χ1n) is 10.7. The van der Waals surface area contributed by atoms with Gasteiger partial charge in [0.1, 0.15) is 22.5 Å². The Bertz CT molecular complexity index is 1160. The molecule has 34 heavy (non-hydrogen) atoms. The van der Waals surface area contributed by atoms with Gasteiger partial charge in [0.25, 0.3) is 5.91 Å². The van der Waals surface area contributed by atoms with E-state index in [9.17, 15) is 14.0 Å². The van der Waals surface area contributed by atoms with Crippen LogP contribution in [0, 0.1) is 5.82 Å². The second-order valence-electron chi connectivity index (χ2n) is 7.75. The standard InChI is InChI=1S/C23H23ClFN5O3S/c1-15-13-29(8-9-30(15)22(32)17-6-2-3-7-18(17)25)20-11-19(24)27-23(28-20)34-14-21(31)26-12-16-5-4-10-33-16/h2-7,10-11,15H,8-9,12-14H2,1H3,(H,26,31). The van der Waals surface area contributed by atoms with Crippen molar-refractivity contribution in [1.82, 2.24) is 20.2 Å². The summed E-state index contributed by atoms with van der Waals surface area (Å²) >= 11 is 7.40. The fourth-order valence-electron chi connectivity index (χ4n) is 3.65. The zero-order chi connectivity index (χ0) is 24.1. The van der Waals surface area contributed by atoms with Crippen LogP contribution in [-0.2, 0) is 11.3 Å². The minimum atomic E-state index is -0.528. The van der Waals surface area contributed by atoms with Gasteiger partial charge in [-0.1, -0.05) is 35.5 Å². The van der Waals surface area contributed by atoms with Crippen LogP contribution >= 0.6 is 23.4 Å². The zero-order valence-electron chi connectivity index (χ0n) is 18.4. The minimum absolute atomic E-state index is 0.0666. The van der Waals surface area contributed by atoms with Crippen molar-refractivity contribution in [3.63, 3.8) is 0 Å². The number of aromatic nitrogens is 2. The highest BCUT2D eigenvalue weighted by Crippen LogP contribution is 2.25. The lowest BCUT2D eigenvalue weighted by atomic mass is 10.1. The Balaban J connectivity index is 1.36. The first-order valence-corrected chi connectivity index (χ1v) is 12.0. The number of halogens is 2. The summed E-state index contributed by atoms with van der Waals surface area (Å²) < 4.78 is 19.3. The largest absolute Gasteiger partial charge is 0.467 e. The number of furan rings is 1. The monoisotopic (exact) mass is 503 g/mol. The number of anilines is 1. The molecular weight excluding hydrogens is 481 g/mol. The first-order chi connectivity index (χ1) is 16.4. The summed E-state index contributed by atoms with van der Waals surface area (Å²) in [7, 11) is 0. The van der Waals surface area contributed by atoms with Crippen LogP contribution in [-0.4, -0.2) is 58.1 Å². The van der Waals surface area contributed by atoms with Gasteiger partial charge in [-0.2, -0.15) is 0 Å². The van der Waals surface area contributed by atoms with Crippen molar-refractivity contribution in [3.05, 3.63) is 71.0 Å². The van der Waals surface area contributed by atoms with Gasteiger partial charge in [-0.25, -0.2) is 14.4 Å². The Morgan fingerprint density at radius 2 is 2.06 bits per heavy atom. The number of hydrogen-bond acceptors (Lipinski definition) is 7. The summed E-state index contributed by atoms with van der Waals surface area (Å²) in [5, 5.41) is 3.42. The molecule has 1 aliphatic heterocycles. The second kappa shape index (κ2) is 10.9. The molecule has 3 aromatic rings. The predicted molar refractivity (Wildman–Crippen MR) is 127 cm³/mol. The summed E-state index contributed by atoms with van der Waals surface area (Å²) in [5.41, 5.74) is 0.0666. The molecular formula is C23H23ClFN5O3S. The summed E-state index contributed by atoms with van der Waals surface area (Å²) in [4.78, 5) is 37.4. The Morgan fingerprint density at radius 3 is 2.79 bits per heavy atom. The van der Waals surface area contributed by atoms with Gasteiger partial charge < -0.3 is 19.5 Å². The maximum atomic E-state index is 14.1. The van der Waals surface area contributed by atoms with Crippen LogP contribution in [0.15, 0.2) is 58.3 Å². The lowest BCUT2D eigenvalue weighted by Gasteiger charge is -2.40. The fraction of sp³-hybridized carbons (Fsp3) is 0.304. The highest BCUT2D eigenvalue weighted by Gasteiger charge is 2.30. The maximum absolute atomic E-state index is 14.1. The molecule has 8 nitrogen and oxygen atoms in total. The third-order valence-corrected chi connectivity index (χ3v) is 6.39. The van der Waals surface area contributed by atoms with Crippen molar-refractivity contribution in [2.24, 2.45) is 0 Å². The van der Waals surface area contributed by atoms with Gasteiger partial charge in [-0.3, -0.25) is 9.59 Å². The Labute approximate surface area is 205 Å². The Morgan fingerprint density at radius 1 is 1.24 bits per heavy atom. The molecule has 1 unspecified atom stereocenters. The van der Waals surface area contributed by atoms with Crippen molar-refractivity contribution in [3.8, 4) is 0 Å². The summed E-state index contributed by atoms with van der Waals surface area (Å²) in [6, 6.07) is 11.0. The number of nitrogens with one attached hydrogen (secondary N) is 1. The van der Waals surface area contributed by atoms with E-state index in [2.05, 4.69) is 15.3 Å². The quantitative estimate of drug-likeness (QED) is 0.299. The van der Waals surface area contributed by atoms with Gasteiger partial charge in [0.2, 0.25) is 5.91 Å². The second-order valence-corrected chi connectivity index (χ2v) is 9.08. The SMILES string of the molecule is CC1CN(c2cc(Cl)nc(SCC(=O)NCc3ccco3)n2)CCN1C(=O)c1ccccc1F. The Kier molecular flexibility index (Phi) is 7.69. The average molecular weight is 504 g/mol. The van der Waals surface area contributed by atoms with Crippen molar-refractivity contribution in [2.45, 2.75) is 24.7 Å². The molecule has 3 heterocycles. The molecule has 0 radical (unpaired) electrons. The fourth-order valence-corrected chi connectivity index (χ4v) is 4.56. The van der Waals surface area contributed by atoms with E-state index in [0.717, 1.165) is 0 Å². The van der Waals surface area contributed by atoms with Gasteiger partial charge in [0.15, 0.2) is 5.16 Å². The number of rotatable bonds is 7. The normalized spacial score (nSPS) is 15.9. The van der Waals surface area contributed by atoms with Crippen molar-refractivity contribution >= 4 is 41.0 Å². The molecule has 178 valence electrons. The van der Waals surface area contributed by atoms with Crippen molar-refractivity contribution in [1.29, 1.82) is 0 Å². The van der Waals surface area contributed by atoms with Crippen molar-refractivity contribution < 1.29 is 18.4 Å². The highest BCUT2D eigenvalue weighted by atomic mass is 35.5. The maximum Gasteiger partial charge on any atom is 0.257 e. The van der Waals surface area contributed by atoms with Crippen LogP contribution in [0.4, 0.5) is 10.2 Å². The molecule has 1 N–H and O–H groups in total. The van der Waals surface area contributed by atoms with Crippen LogP contribution in [0.25, 0.3) is 0 Å². The van der Waals surface area contributed by atoms with E-state index in [-0.39, 0.29) is 34.3 Å². The number of carbonyl (C=O) groups is 2. The van der Waals surface area contributed by atoms with Gasteiger partial charge in [0, 0.05) is 31.7 Å². The molecule has 2 amide bonds. The third-order valence-electron chi connectivity index (χ3n) is 5.35. The summed E-state index contributed by atoms with van der Waals surface area (Å²) in [5.74, 6) is 0.370. The molecule has 1 fully saturated rings. The summed E-state index contributed by atoms with van der Waals surface area (Å²) in [6.45, 7) is 3.63. The lowest BCUT2D eigenvalue weighted by Crippen LogP contribution is -2.54. The number of amides is 2. The van der Waals surface area contributed by atoms with Crippen LogP contribution in [0.5, 0.6) is 0 Å². The van der Waals surface area contributed by atoms with Gasteiger partial charge in [0.05, 0.1) is 24.1 Å². The van der Waals surface area contributed by atoms with E-state index in [1.54, 1.807) is 41.5 Å². The predicted octanol–water partition coefficient (Wildman–Crippen LogP) is 3.62. The summed E-state index contributed by atoms with van der Waals surface area (Å²) in [6.07, 6.45) is 1.55. The first kappa shape index (κ1) is 24.0. The number of carbonyl (C=O) groups excluding carboxylic acids is 2. The van der Waals surface area contributed by atoms with Crippen LogP contribution in [0.1, 0.15) is 23.0 Å². The molecule has 1 aliphatic rings. The molecule has 4 rings (SSSR count). The average Bonchev–Trinajstić information content (AvgIpc) is 3.35. The van der Waals surface area contributed by atoms with E-state index < -0.39 is 5.82 Å². The smallest absolute Gasteiger partial charge is 0.257 e. The van der Waals surface area contributed by atoms with Crippen LogP contribution < -0.4 is 10.2 Å². The van der Waals surface area contributed by atoms with Gasteiger partial charge in [-0.05, 0) is 31.2 Å². The van der Waals surface area contributed by atoms with E-state index in [4.69, 9.17) is 16.0 Å². The molecule has 0 bridgehead atoms. The molecule has 2 aromatic heterocycles. The lowest BCUT2D eigenvalue weighted by molar-refractivity contribution is -0.118. The topological polar surface area (TPSA) is 91.6 Å². The van der Waals surface area contributed by atoms with Crippen LogP contribution in [0.2, 0.25) is 5.15 Å². The number of thioether (sulfide) groups is 1. The van der Waals surface area contributed by atoms with Crippen LogP contribution in [0.3, 0.4) is 0 Å². The number of hydrogen-bond donors (Lipinski definition) is 1. The van der Waals surface area contributed by atoms with Crippen molar-refractivity contribution in [2.75, 3.05) is 30.3 Å². The molecule has 0 saturated carbocycles. The third kappa shape index (κ3) is 5.87. The molecule has 0 spiro atoms. The van der Waals surface area contributed by atoms with E-state index >= 15 is 0 Å². The highest BCUT2D eigenvalue weighted by molar-refractivity contribution is 7.99. The molecule has 1 aromatic carbocycles. The number of piperazine rings is 1. The molecule has 1 saturated heterocycles. The van der Waals surface area contributed by atoms with E-state index in [0.29, 0.717) is 42.9 Å². The minimum Gasteiger partial charge on any atom is -0.467 e. The van der Waals surface area contributed by atoms with E-state index in [1.165, 1.54) is 23.9 Å². The number of nitrogens with zero attached hydrogens (tertiary/aromatic N) is 4. The zero-order valence-corrected chi connectivity index (χ0v) is 20.0. The Hall–Kier alpha value is -3.11. The molecule has 1 atom stereocenters. The van der Waals surface area contributed by atoms with E-state index in [1.807, 2.05) is 11.8 Å². The molecule has 0 aliphatic carbocycles. The van der Waals surface area contributed by atoms with Gasteiger partial charge >= 0.3 is 0 Å².